The standard InChI is InChI=1S/C11H10N2O4/c1-3-17-11-9(6-12)4-8(7(2)14)5-10(11)13(15)16/h4-5H,3H2,1-2H3. The van der Waals surface area contributed by atoms with Crippen molar-refractivity contribution in [2.24, 2.45) is 0 Å². The van der Waals surface area contributed by atoms with Crippen LogP contribution in [0.4, 0.5) is 5.69 Å². The zero-order chi connectivity index (χ0) is 13.0. The summed E-state index contributed by atoms with van der Waals surface area (Å²) >= 11 is 0. The van der Waals surface area contributed by atoms with Crippen LogP contribution < -0.4 is 4.74 Å². The Morgan fingerprint density at radius 2 is 2.24 bits per heavy atom. The van der Waals surface area contributed by atoms with Crippen molar-refractivity contribution in [3.05, 3.63) is 33.4 Å². The van der Waals surface area contributed by atoms with Crippen LogP contribution in [0, 0.1) is 21.4 Å². The van der Waals surface area contributed by atoms with E-state index in [9.17, 15) is 14.9 Å². The molecule has 0 fully saturated rings. The summed E-state index contributed by atoms with van der Waals surface area (Å²) in [6.45, 7) is 3.14. The van der Waals surface area contributed by atoms with E-state index in [1.54, 1.807) is 13.0 Å². The van der Waals surface area contributed by atoms with Gasteiger partial charge in [-0.05, 0) is 19.9 Å². The molecule has 0 atom stereocenters. The first-order chi connectivity index (χ1) is 8.01. The first-order valence-electron chi connectivity index (χ1n) is 4.87. The summed E-state index contributed by atoms with van der Waals surface area (Å²) < 4.78 is 5.08. The highest BCUT2D eigenvalue weighted by Crippen LogP contribution is 2.32. The molecule has 0 aromatic heterocycles. The third kappa shape index (κ3) is 2.58. The van der Waals surface area contributed by atoms with Crippen molar-refractivity contribution in [3.63, 3.8) is 0 Å². The van der Waals surface area contributed by atoms with Gasteiger partial charge in [-0.25, -0.2) is 0 Å². The number of nitro groups is 1. The normalized spacial score (nSPS) is 9.47. The van der Waals surface area contributed by atoms with Crippen LogP contribution in [0.2, 0.25) is 0 Å². The Hall–Kier alpha value is -2.42. The molecular formula is C11H10N2O4. The van der Waals surface area contributed by atoms with Crippen molar-refractivity contribution < 1.29 is 14.5 Å². The molecule has 1 aromatic rings. The first-order valence-corrected chi connectivity index (χ1v) is 4.87. The van der Waals surface area contributed by atoms with E-state index in [1.807, 2.05) is 0 Å². The number of hydrogen-bond acceptors (Lipinski definition) is 5. The first kappa shape index (κ1) is 12.6. The number of benzene rings is 1. The fourth-order valence-electron chi connectivity index (χ4n) is 1.33. The molecular weight excluding hydrogens is 224 g/mol. The lowest BCUT2D eigenvalue weighted by molar-refractivity contribution is -0.385. The number of Topliss-reactive ketones (excluding diaryl/α,β-unsaturated/α-hetero) is 1. The molecule has 1 aromatic carbocycles. The van der Waals surface area contributed by atoms with Crippen LogP contribution in [0.15, 0.2) is 12.1 Å². The Labute approximate surface area is 97.6 Å². The molecule has 0 saturated carbocycles. The van der Waals surface area contributed by atoms with E-state index in [-0.39, 0.29) is 35.0 Å². The van der Waals surface area contributed by atoms with Crippen molar-refractivity contribution in [1.29, 1.82) is 5.26 Å². The fourth-order valence-corrected chi connectivity index (χ4v) is 1.33. The van der Waals surface area contributed by atoms with Gasteiger partial charge in [-0.15, -0.1) is 0 Å². The van der Waals surface area contributed by atoms with Crippen molar-refractivity contribution in [2.75, 3.05) is 6.61 Å². The molecule has 0 unspecified atom stereocenters. The van der Waals surface area contributed by atoms with E-state index in [2.05, 4.69) is 0 Å². The monoisotopic (exact) mass is 234 g/mol. The van der Waals surface area contributed by atoms with Gasteiger partial charge in [-0.3, -0.25) is 14.9 Å². The van der Waals surface area contributed by atoms with E-state index in [4.69, 9.17) is 10.00 Å². The number of rotatable bonds is 4. The zero-order valence-electron chi connectivity index (χ0n) is 9.39. The minimum absolute atomic E-state index is 0.00810. The van der Waals surface area contributed by atoms with Crippen LogP contribution in [-0.2, 0) is 0 Å². The topological polar surface area (TPSA) is 93.2 Å². The maximum Gasteiger partial charge on any atom is 0.313 e. The van der Waals surface area contributed by atoms with E-state index >= 15 is 0 Å². The molecule has 0 saturated heterocycles. The average Bonchev–Trinajstić information content (AvgIpc) is 2.28. The SMILES string of the molecule is CCOc1c(C#N)cc(C(C)=O)cc1[N+](=O)[O-]. The van der Waals surface area contributed by atoms with E-state index in [0.717, 1.165) is 6.07 Å². The van der Waals surface area contributed by atoms with Crippen LogP contribution in [0.1, 0.15) is 29.8 Å². The number of carbonyl (C=O) groups excluding carboxylic acids is 1. The zero-order valence-corrected chi connectivity index (χ0v) is 9.39. The molecule has 0 amide bonds. The highest BCUT2D eigenvalue weighted by Gasteiger charge is 2.22. The molecule has 0 heterocycles. The van der Waals surface area contributed by atoms with Crippen molar-refractivity contribution in [3.8, 4) is 11.8 Å². The van der Waals surface area contributed by atoms with Gasteiger partial charge < -0.3 is 4.74 Å². The highest BCUT2D eigenvalue weighted by molar-refractivity contribution is 5.95. The second-order valence-corrected chi connectivity index (χ2v) is 3.23. The summed E-state index contributed by atoms with van der Waals surface area (Å²) in [7, 11) is 0. The molecule has 1 rings (SSSR count). The lowest BCUT2D eigenvalue weighted by Gasteiger charge is -2.07. The number of carbonyl (C=O) groups is 1. The fraction of sp³-hybridized carbons (Fsp3) is 0.273. The molecule has 0 N–H and O–H groups in total. The molecule has 0 radical (unpaired) electrons. The molecule has 0 bridgehead atoms. The number of hydrogen-bond donors (Lipinski definition) is 0. The van der Waals surface area contributed by atoms with Crippen LogP contribution in [0.3, 0.4) is 0 Å². The van der Waals surface area contributed by atoms with E-state index in [1.165, 1.54) is 13.0 Å². The number of nitro benzene ring substituents is 1. The summed E-state index contributed by atoms with van der Waals surface area (Å²) in [4.78, 5) is 21.4. The largest absolute Gasteiger partial charge is 0.486 e. The Balaban J connectivity index is 3.52. The number of nitrogens with zero attached hydrogens (tertiary/aromatic N) is 2. The molecule has 6 heteroatoms. The minimum atomic E-state index is -0.668. The van der Waals surface area contributed by atoms with E-state index in [0.29, 0.717) is 0 Å². The summed E-state index contributed by atoms with van der Waals surface area (Å²) in [5.74, 6) is -0.433. The van der Waals surface area contributed by atoms with Gasteiger partial charge >= 0.3 is 5.69 Å². The average molecular weight is 234 g/mol. The predicted molar refractivity (Wildman–Crippen MR) is 59.0 cm³/mol. The predicted octanol–water partition coefficient (Wildman–Crippen LogP) is 2.07. The van der Waals surface area contributed by atoms with Gasteiger partial charge in [0, 0.05) is 11.6 Å². The van der Waals surface area contributed by atoms with Crippen molar-refractivity contribution in [1.82, 2.24) is 0 Å². The van der Waals surface area contributed by atoms with Crippen LogP contribution >= 0.6 is 0 Å². The van der Waals surface area contributed by atoms with Gasteiger partial charge in [0.25, 0.3) is 0 Å². The van der Waals surface area contributed by atoms with Gasteiger partial charge in [0.2, 0.25) is 5.75 Å². The summed E-state index contributed by atoms with van der Waals surface area (Å²) in [6.07, 6.45) is 0. The second-order valence-electron chi connectivity index (χ2n) is 3.23. The Morgan fingerprint density at radius 1 is 1.59 bits per heavy atom. The molecule has 0 aliphatic rings. The smallest absolute Gasteiger partial charge is 0.313 e. The van der Waals surface area contributed by atoms with Gasteiger partial charge in [0.1, 0.15) is 11.6 Å². The molecule has 17 heavy (non-hydrogen) atoms. The minimum Gasteiger partial charge on any atom is -0.486 e. The van der Waals surface area contributed by atoms with E-state index < -0.39 is 4.92 Å². The van der Waals surface area contributed by atoms with Gasteiger partial charge in [-0.2, -0.15) is 5.26 Å². The van der Waals surface area contributed by atoms with Crippen LogP contribution in [-0.4, -0.2) is 17.3 Å². The lowest BCUT2D eigenvalue weighted by Crippen LogP contribution is -2.03. The summed E-state index contributed by atoms with van der Waals surface area (Å²) in [5.41, 5.74) is -0.251. The Bertz CT molecular complexity index is 517. The summed E-state index contributed by atoms with van der Waals surface area (Å²) in [5, 5.41) is 19.7. The summed E-state index contributed by atoms with van der Waals surface area (Å²) in [6, 6.07) is 4.20. The highest BCUT2D eigenvalue weighted by atomic mass is 16.6. The molecule has 6 nitrogen and oxygen atoms in total. The molecule has 0 aliphatic heterocycles. The maximum absolute atomic E-state index is 11.2. The molecule has 0 aliphatic carbocycles. The number of nitriles is 1. The van der Waals surface area contributed by atoms with Gasteiger partial charge in [-0.1, -0.05) is 0 Å². The molecule has 88 valence electrons. The Kier molecular flexibility index (Phi) is 3.78. The van der Waals surface area contributed by atoms with Gasteiger partial charge in [0.15, 0.2) is 5.78 Å². The Morgan fingerprint density at radius 3 is 2.65 bits per heavy atom. The second kappa shape index (κ2) is 5.07. The lowest BCUT2D eigenvalue weighted by atomic mass is 10.1. The molecule has 0 spiro atoms. The third-order valence-electron chi connectivity index (χ3n) is 2.08. The van der Waals surface area contributed by atoms with Crippen molar-refractivity contribution >= 4 is 11.5 Å². The maximum atomic E-state index is 11.2. The van der Waals surface area contributed by atoms with Crippen molar-refractivity contribution in [2.45, 2.75) is 13.8 Å². The quantitative estimate of drug-likeness (QED) is 0.451. The van der Waals surface area contributed by atoms with Gasteiger partial charge in [0.05, 0.1) is 11.5 Å². The van der Waals surface area contributed by atoms with Crippen LogP contribution in [0.5, 0.6) is 5.75 Å². The number of ether oxygens (including phenoxy) is 1. The number of ketones is 1. The van der Waals surface area contributed by atoms with Crippen LogP contribution in [0.25, 0.3) is 0 Å². The third-order valence-corrected chi connectivity index (χ3v) is 2.08.